The molecule has 1 fully saturated rings. The Morgan fingerprint density at radius 2 is 1.88 bits per heavy atom. The summed E-state index contributed by atoms with van der Waals surface area (Å²) >= 11 is 0. The van der Waals surface area contributed by atoms with Crippen LogP contribution in [0.25, 0.3) is 0 Å². The minimum absolute atomic E-state index is 0. The Labute approximate surface area is 156 Å². The van der Waals surface area contributed by atoms with Gasteiger partial charge in [0.2, 0.25) is 15.9 Å². The van der Waals surface area contributed by atoms with Crippen molar-refractivity contribution in [1.29, 1.82) is 0 Å². The van der Waals surface area contributed by atoms with Crippen LogP contribution in [0, 0.1) is 0 Å². The average Bonchev–Trinajstić information content (AvgIpc) is 2.56. The minimum Gasteiger partial charge on any atom is -0.352 e. The van der Waals surface area contributed by atoms with Crippen LogP contribution >= 0.6 is 12.4 Å². The van der Waals surface area contributed by atoms with E-state index in [2.05, 4.69) is 5.32 Å². The van der Waals surface area contributed by atoms with Gasteiger partial charge in [0.15, 0.2) is 0 Å². The van der Waals surface area contributed by atoms with Crippen molar-refractivity contribution in [2.45, 2.75) is 44.7 Å². The lowest BCUT2D eigenvalue weighted by Crippen LogP contribution is -2.51. The quantitative estimate of drug-likeness (QED) is 0.735. The normalized spacial score (nSPS) is 17.5. The molecule has 2 rings (SSSR count). The number of hydrogen-bond acceptors (Lipinski definition) is 4. The predicted molar refractivity (Wildman–Crippen MR) is 102 cm³/mol. The van der Waals surface area contributed by atoms with Crippen LogP contribution in [-0.4, -0.2) is 49.6 Å². The fourth-order valence-electron chi connectivity index (χ4n) is 2.93. The molecule has 1 heterocycles. The van der Waals surface area contributed by atoms with Crippen molar-refractivity contribution >= 4 is 28.3 Å². The molecule has 3 N–H and O–H groups in total. The molecule has 1 aliphatic rings. The molecule has 0 radical (unpaired) electrons. The third-order valence-electron chi connectivity index (χ3n) is 4.29. The highest BCUT2D eigenvalue weighted by Crippen LogP contribution is 2.15. The molecule has 0 spiro atoms. The van der Waals surface area contributed by atoms with Gasteiger partial charge in [-0.3, -0.25) is 4.79 Å². The van der Waals surface area contributed by atoms with E-state index >= 15 is 0 Å². The van der Waals surface area contributed by atoms with Crippen molar-refractivity contribution in [3.05, 3.63) is 35.9 Å². The number of sulfonamides is 1. The number of amides is 1. The summed E-state index contributed by atoms with van der Waals surface area (Å²) in [6, 6.07) is 9.07. The van der Waals surface area contributed by atoms with Crippen LogP contribution in [0.1, 0.15) is 31.7 Å². The van der Waals surface area contributed by atoms with Gasteiger partial charge in [0.1, 0.15) is 0 Å². The molecule has 0 aliphatic carbocycles. The Kier molecular flexibility index (Phi) is 8.85. The molecule has 8 heteroatoms. The summed E-state index contributed by atoms with van der Waals surface area (Å²) in [6.45, 7) is 2.78. The Morgan fingerprint density at radius 1 is 1.28 bits per heavy atom. The van der Waals surface area contributed by atoms with Gasteiger partial charge < -0.3 is 11.1 Å². The topological polar surface area (TPSA) is 92.5 Å². The first-order valence-corrected chi connectivity index (χ1v) is 10.1. The fourth-order valence-corrected chi connectivity index (χ4v) is 4.48. The number of rotatable bonds is 7. The van der Waals surface area contributed by atoms with Gasteiger partial charge in [0, 0.05) is 19.1 Å². The van der Waals surface area contributed by atoms with E-state index in [1.165, 1.54) is 4.31 Å². The summed E-state index contributed by atoms with van der Waals surface area (Å²) in [5.74, 6) is 0.0140. The molecule has 6 nitrogen and oxygen atoms in total. The summed E-state index contributed by atoms with van der Waals surface area (Å²) < 4.78 is 25.6. The number of nitrogens with two attached hydrogens (primary N) is 1. The van der Waals surface area contributed by atoms with Crippen molar-refractivity contribution in [2.75, 3.05) is 18.8 Å². The Morgan fingerprint density at radius 3 is 2.44 bits per heavy atom. The van der Waals surface area contributed by atoms with E-state index < -0.39 is 16.1 Å². The highest BCUT2D eigenvalue weighted by atomic mass is 35.5. The third-order valence-corrected chi connectivity index (χ3v) is 6.37. The molecule has 1 amide bonds. The van der Waals surface area contributed by atoms with Crippen molar-refractivity contribution < 1.29 is 13.2 Å². The second-order valence-corrected chi connectivity index (χ2v) is 8.38. The fraction of sp³-hybridized carbons (Fsp3) is 0.588. The van der Waals surface area contributed by atoms with Crippen LogP contribution in [-0.2, 0) is 21.2 Å². The summed E-state index contributed by atoms with van der Waals surface area (Å²) in [4.78, 5) is 12.2. The number of piperidine rings is 1. The van der Waals surface area contributed by atoms with Crippen molar-refractivity contribution in [1.82, 2.24) is 9.62 Å². The van der Waals surface area contributed by atoms with E-state index in [-0.39, 0.29) is 30.1 Å². The van der Waals surface area contributed by atoms with Crippen molar-refractivity contribution in [3.8, 4) is 0 Å². The van der Waals surface area contributed by atoms with E-state index in [4.69, 9.17) is 5.73 Å². The minimum atomic E-state index is -3.15. The monoisotopic (exact) mass is 389 g/mol. The molecule has 0 bridgehead atoms. The Bertz CT molecular complexity index is 632. The lowest BCUT2D eigenvalue weighted by Gasteiger charge is -2.32. The summed E-state index contributed by atoms with van der Waals surface area (Å²) in [6.07, 6.45) is 2.38. The molecule has 142 valence electrons. The maximum atomic E-state index is 12.2. The van der Waals surface area contributed by atoms with Crippen LogP contribution in [0.3, 0.4) is 0 Å². The van der Waals surface area contributed by atoms with E-state index in [1.54, 1.807) is 0 Å². The smallest absolute Gasteiger partial charge is 0.237 e. The zero-order valence-corrected chi connectivity index (χ0v) is 16.2. The molecule has 1 saturated heterocycles. The molecule has 1 unspecified atom stereocenters. The van der Waals surface area contributed by atoms with Crippen LogP contribution in [0.2, 0.25) is 0 Å². The standard InChI is InChI=1S/C17H27N3O3S.ClH/c1-2-12-24(22,23)20-10-8-15(9-11-20)19-17(21)16(18)13-14-6-4-3-5-7-14;/h3-7,15-16H,2,8-13,18H2,1H3,(H,19,21);1H. The van der Waals surface area contributed by atoms with Crippen LogP contribution in [0.15, 0.2) is 30.3 Å². The van der Waals surface area contributed by atoms with E-state index in [9.17, 15) is 13.2 Å². The summed E-state index contributed by atoms with van der Waals surface area (Å²) in [5, 5.41) is 2.96. The number of hydrogen-bond donors (Lipinski definition) is 2. The van der Waals surface area contributed by atoms with E-state index in [0.29, 0.717) is 38.8 Å². The van der Waals surface area contributed by atoms with Gasteiger partial charge in [-0.1, -0.05) is 37.3 Å². The lowest BCUT2D eigenvalue weighted by molar-refractivity contribution is -0.123. The van der Waals surface area contributed by atoms with Gasteiger partial charge in [-0.15, -0.1) is 12.4 Å². The predicted octanol–water partition coefficient (Wildman–Crippen LogP) is 1.30. The second-order valence-electron chi connectivity index (χ2n) is 6.29. The number of nitrogens with zero attached hydrogens (tertiary/aromatic N) is 1. The molecule has 1 atom stereocenters. The van der Waals surface area contributed by atoms with Gasteiger partial charge in [0.05, 0.1) is 11.8 Å². The molecule has 1 aromatic carbocycles. The van der Waals surface area contributed by atoms with Crippen molar-refractivity contribution in [3.63, 3.8) is 0 Å². The van der Waals surface area contributed by atoms with E-state index in [1.807, 2.05) is 37.3 Å². The lowest BCUT2D eigenvalue weighted by atomic mass is 10.0. The average molecular weight is 390 g/mol. The first-order valence-electron chi connectivity index (χ1n) is 8.50. The van der Waals surface area contributed by atoms with Gasteiger partial charge >= 0.3 is 0 Å². The van der Waals surface area contributed by atoms with Crippen LogP contribution in [0.4, 0.5) is 0 Å². The zero-order chi connectivity index (χ0) is 17.6. The zero-order valence-electron chi connectivity index (χ0n) is 14.6. The first kappa shape index (κ1) is 21.9. The Balaban J connectivity index is 0.00000312. The highest BCUT2D eigenvalue weighted by Gasteiger charge is 2.28. The largest absolute Gasteiger partial charge is 0.352 e. The van der Waals surface area contributed by atoms with Gasteiger partial charge in [-0.05, 0) is 31.2 Å². The van der Waals surface area contributed by atoms with E-state index in [0.717, 1.165) is 5.56 Å². The molecule has 1 aromatic rings. The molecule has 25 heavy (non-hydrogen) atoms. The maximum Gasteiger partial charge on any atom is 0.237 e. The number of carbonyl (C=O) groups excluding carboxylic acids is 1. The first-order chi connectivity index (χ1) is 11.4. The summed E-state index contributed by atoms with van der Waals surface area (Å²) in [5.41, 5.74) is 7.01. The second kappa shape index (κ2) is 10.1. The molecule has 0 saturated carbocycles. The maximum absolute atomic E-state index is 12.2. The number of nitrogens with one attached hydrogen (secondary N) is 1. The number of halogens is 1. The van der Waals surface area contributed by atoms with Gasteiger partial charge in [-0.25, -0.2) is 12.7 Å². The van der Waals surface area contributed by atoms with Crippen LogP contribution < -0.4 is 11.1 Å². The molecule has 0 aromatic heterocycles. The van der Waals surface area contributed by atoms with Gasteiger partial charge in [-0.2, -0.15) is 0 Å². The SMILES string of the molecule is CCCS(=O)(=O)N1CCC(NC(=O)C(N)Cc2ccccc2)CC1.Cl. The van der Waals surface area contributed by atoms with Crippen molar-refractivity contribution in [2.24, 2.45) is 5.73 Å². The molecular weight excluding hydrogens is 362 g/mol. The highest BCUT2D eigenvalue weighted by molar-refractivity contribution is 7.89. The number of carbonyl (C=O) groups is 1. The Hall–Kier alpha value is -1.15. The number of benzene rings is 1. The van der Waals surface area contributed by atoms with Gasteiger partial charge in [0.25, 0.3) is 0 Å². The summed E-state index contributed by atoms with van der Waals surface area (Å²) in [7, 11) is -3.15. The molecule has 1 aliphatic heterocycles. The van der Waals surface area contributed by atoms with Crippen LogP contribution in [0.5, 0.6) is 0 Å². The molecular formula is C17H28ClN3O3S. The third kappa shape index (κ3) is 6.58.